The lowest BCUT2D eigenvalue weighted by Gasteiger charge is -2.43. The molecule has 2 saturated heterocycles. The molecule has 3 heterocycles. The summed E-state index contributed by atoms with van der Waals surface area (Å²) >= 11 is 0. The van der Waals surface area contributed by atoms with Crippen LogP contribution in [-0.4, -0.2) is 41.5 Å². The standard InChI is InChI=1S/C17H23N3O2/c1-12-5-7-19-16(13(12)10-18)20-8-3-4-15(20)14-11-22-9-6-17(14,2)21/h5,7,14-15,21H,3-4,6,8-9,11H2,1-2H3. The van der Waals surface area contributed by atoms with E-state index in [1.165, 1.54) is 0 Å². The number of aryl methyl sites for hydroxylation is 1. The number of hydrogen-bond donors (Lipinski definition) is 1. The molecule has 2 aliphatic heterocycles. The van der Waals surface area contributed by atoms with Crippen LogP contribution in [0.3, 0.4) is 0 Å². The zero-order chi connectivity index (χ0) is 15.7. The van der Waals surface area contributed by atoms with Crippen LogP contribution >= 0.6 is 0 Å². The average molecular weight is 301 g/mol. The Kier molecular flexibility index (Phi) is 4.07. The van der Waals surface area contributed by atoms with Crippen molar-refractivity contribution < 1.29 is 9.84 Å². The summed E-state index contributed by atoms with van der Waals surface area (Å²) in [6.07, 6.45) is 4.48. The van der Waals surface area contributed by atoms with Gasteiger partial charge in [-0.05, 0) is 44.7 Å². The van der Waals surface area contributed by atoms with Crippen molar-refractivity contribution in [2.24, 2.45) is 5.92 Å². The maximum Gasteiger partial charge on any atom is 0.147 e. The van der Waals surface area contributed by atoms with Crippen molar-refractivity contribution in [1.29, 1.82) is 5.26 Å². The molecule has 0 spiro atoms. The third-order valence-electron chi connectivity index (χ3n) is 5.14. The average Bonchev–Trinajstić information content (AvgIpc) is 2.95. The number of pyridine rings is 1. The lowest BCUT2D eigenvalue weighted by molar-refractivity contribution is -0.108. The van der Waals surface area contributed by atoms with Gasteiger partial charge in [0.05, 0.1) is 17.8 Å². The molecule has 118 valence electrons. The minimum absolute atomic E-state index is 0.0533. The molecule has 0 bridgehead atoms. The Labute approximate surface area is 131 Å². The molecule has 1 aromatic rings. The molecule has 3 atom stereocenters. The van der Waals surface area contributed by atoms with Crippen molar-refractivity contribution in [2.45, 2.75) is 44.8 Å². The fourth-order valence-electron chi connectivity index (χ4n) is 3.75. The summed E-state index contributed by atoms with van der Waals surface area (Å²) in [5, 5.41) is 20.2. The van der Waals surface area contributed by atoms with Crippen molar-refractivity contribution in [3.8, 4) is 6.07 Å². The van der Waals surface area contributed by atoms with E-state index >= 15 is 0 Å². The SMILES string of the molecule is Cc1ccnc(N2CCCC2C2COCCC2(C)O)c1C#N. The van der Waals surface area contributed by atoms with Gasteiger partial charge in [0.1, 0.15) is 11.9 Å². The van der Waals surface area contributed by atoms with Gasteiger partial charge in [0.2, 0.25) is 0 Å². The lowest BCUT2D eigenvalue weighted by Crippen LogP contribution is -2.52. The van der Waals surface area contributed by atoms with E-state index in [4.69, 9.17) is 4.74 Å². The van der Waals surface area contributed by atoms with E-state index in [1.54, 1.807) is 6.20 Å². The number of ether oxygens (including phenoxy) is 1. The van der Waals surface area contributed by atoms with Crippen LogP contribution < -0.4 is 4.90 Å². The van der Waals surface area contributed by atoms with Gasteiger partial charge in [0, 0.05) is 31.3 Å². The minimum Gasteiger partial charge on any atom is -0.390 e. The van der Waals surface area contributed by atoms with Gasteiger partial charge >= 0.3 is 0 Å². The third-order valence-corrected chi connectivity index (χ3v) is 5.14. The van der Waals surface area contributed by atoms with Gasteiger partial charge in [0.25, 0.3) is 0 Å². The summed E-state index contributed by atoms with van der Waals surface area (Å²) < 4.78 is 5.62. The van der Waals surface area contributed by atoms with Crippen LogP contribution in [0.4, 0.5) is 5.82 Å². The highest BCUT2D eigenvalue weighted by molar-refractivity contribution is 5.58. The molecule has 0 amide bonds. The molecule has 0 radical (unpaired) electrons. The summed E-state index contributed by atoms with van der Waals surface area (Å²) in [6.45, 7) is 5.91. The second-order valence-electron chi connectivity index (χ2n) is 6.63. The summed E-state index contributed by atoms with van der Waals surface area (Å²) in [5.41, 5.74) is 0.873. The fraction of sp³-hybridized carbons (Fsp3) is 0.647. The van der Waals surface area contributed by atoms with E-state index in [2.05, 4.69) is 16.0 Å². The summed E-state index contributed by atoms with van der Waals surface area (Å²) in [6, 6.07) is 4.33. The maximum absolute atomic E-state index is 10.7. The Morgan fingerprint density at radius 3 is 3.09 bits per heavy atom. The van der Waals surface area contributed by atoms with E-state index in [-0.39, 0.29) is 12.0 Å². The second kappa shape index (κ2) is 5.86. The highest BCUT2D eigenvalue weighted by Crippen LogP contribution is 2.38. The highest BCUT2D eigenvalue weighted by Gasteiger charge is 2.44. The number of hydrogen-bond acceptors (Lipinski definition) is 5. The molecule has 3 rings (SSSR count). The van der Waals surface area contributed by atoms with Crippen LogP contribution in [-0.2, 0) is 4.74 Å². The van der Waals surface area contributed by atoms with Crippen LogP contribution in [0, 0.1) is 24.2 Å². The van der Waals surface area contributed by atoms with Gasteiger partial charge in [-0.3, -0.25) is 0 Å². The van der Waals surface area contributed by atoms with Crippen molar-refractivity contribution in [3.63, 3.8) is 0 Å². The normalized spacial score (nSPS) is 32.0. The number of aliphatic hydroxyl groups is 1. The number of nitrogens with zero attached hydrogens (tertiary/aromatic N) is 3. The minimum atomic E-state index is -0.720. The predicted molar refractivity (Wildman–Crippen MR) is 83.6 cm³/mol. The van der Waals surface area contributed by atoms with Crippen LogP contribution in [0.5, 0.6) is 0 Å². The van der Waals surface area contributed by atoms with E-state index in [1.807, 2.05) is 19.9 Å². The lowest BCUT2D eigenvalue weighted by atomic mass is 9.79. The summed E-state index contributed by atoms with van der Waals surface area (Å²) in [7, 11) is 0. The van der Waals surface area contributed by atoms with E-state index in [0.29, 0.717) is 25.2 Å². The van der Waals surface area contributed by atoms with Crippen molar-refractivity contribution >= 4 is 5.82 Å². The first-order valence-corrected chi connectivity index (χ1v) is 7.97. The van der Waals surface area contributed by atoms with E-state index in [0.717, 1.165) is 30.8 Å². The number of nitriles is 1. The van der Waals surface area contributed by atoms with Crippen molar-refractivity contribution in [3.05, 3.63) is 23.4 Å². The molecule has 22 heavy (non-hydrogen) atoms. The van der Waals surface area contributed by atoms with Gasteiger partial charge in [-0.2, -0.15) is 5.26 Å². The largest absolute Gasteiger partial charge is 0.390 e. The Morgan fingerprint density at radius 1 is 1.55 bits per heavy atom. The number of rotatable bonds is 2. The molecule has 0 aromatic carbocycles. The van der Waals surface area contributed by atoms with Crippen LogP contribution in [0.1, 0.15) is 37.3 Å². The molecule has 1 N–H and O–H groups in total. The molecule has 0 aliphatic carbocycles. The molecule has 5 nitrogen and oxygen atoms in total. The Hall–Kier alpha value is -1.64. The van der Waals surface area contributed by atoms with E-state index < -0.39 is 5.60 Å². The molecule has 5 heteroatoms. The Bertz CT molecular complexity index is 594. The first-order chi connectivity index (χ1) is 10.5. The zero-order valence-corrected chi connectivity index (χ0v) is 13.2. The van der Waals surface area contributed by atoms with Crippen LogP contribution in [0.15, 0.2) is 12.3 Å². The molecule has 2 fully saturated rings. The van der Waals surface area contributed by atoms with E-state index in [9.17, 15) is 10.4 Å². The van der Waals surface area contributed by atoms with Crippen molar-refractivity contribution in [1.82, 2.24) is 4.98 Å². The van der Waals surface area contributed by atoms with Crippen LogP contribution in [0.2, 0.25) is 0 Å². The van der Waals surface area contributed by atoms with Crippen molar-refractivity contribution in [2.75, 3.05) is 24.7 Å². The third kappa shape index (κ3) is 2.57. The smallest absolute Gasteiger partial charge is 0.147 e. The Balaban J connectivity index is 1.94. The van der Waals surface area contributed by atoms with Gasteiger partial charge in [0.15, 0.2) is 0 Å². The first kappa shape index (κ1) is 15.3. The molecular formula is C17H23N3O2. The second-order valence-corrected chi connectivity index (χ2v) is 6.63. The quantitative estimate of drug-likeness (QED) is 0.905. The molecule has 3 unspecified atom stereocenters. The Morgan fingerprint density at radius 2 is 2.36 bits per heavy atom. The monoisotopic (exact) mass is 301 g/mol. The summed E-state index contributed by atoms with van der Waals surface area (Å²) in [4.78, 5) is 6.67. The predicted octanol–water partition coefficient (Wildman–Crippen LogP) is 2.02. The number of anilines is 1. The van der Waals surface area contributed by atoms with Gasteiger partial charge in [-0.1, -0.05) is 0 Å². The molecule has 0 saturated carbocycles. The van der Waals surface area contributed by atoms with Gasteiger partial charge in [-0.15, -0.1) is 0 Å². The topological polar surface area (TPSA) is 69.4 Å². The zero-order valence-electron chi connectivity index (χ0n) is 13.2. The van der Waals surface area contributed by atoms with Gasteiger partial charge in [-0.25, -0.2) is 4.98 Å². The number of aromatic nitrogens is 1. The maximum atomic E-state index is 10.7. The fourth-order valence-corrected chi connectivity index (χ4v) is 3.75. The van der Waals surface area contributed by atoms with Crippen LogP contribution in [0.25, 0.3) is 0 Å². The highest BCUT2D eigenvalue weighted by atomic mass is 16.5. The first-order valence-electron chi connectivity index (χ1n) is 7.97. The molecular weight excluding hydrogens is 278 g/mol. The molecule has 1 aromatic heterocycles. The van der Waals surface area contributed by atoms with Gasteiger partial charge < -0.3 is 14.7 Å². The summed E-state index contributed by atoms with van der Waals surface area (Å²) in [5.74, 6) is 0.809. The molecule has 2 aliphatic rings.